The van der Waals surface area contributed by atoms with Gasteiger partial charge in [-0.05, 0) is 50.3 Å². The molecule has 1 amide bonds. The molecule has 0 aliphatic heterocycles. The zero-order chi connectivity index (χ0) is 12.5. The van der Waals surface area contributed by atoms with Crippen LogP contribution in [-0.4, -0.2) is 11.4 Å². The van der Waals surface area contributed by atoms with E-state index in [9.17, 15) is 4.79 Å². The zero-order valence-electron chi connectivity index (χ0n) is 10.5. The van der Waals surface area contributed by atoms with Crippen LogP contribution in [0.2, 0.25) is 0 Å². The van der Waals surface area contributed by atoms with Gasteiger partial charge in [-0.1, -0.05) is 12.1 Å². The Morgan fingerprint density at radius 3 is 2.71 bits per heavy atom. The van der Waals surface area contributed by atoms with E-state index in [1.54, 1.807) is 0 Å². The first-order chi connectivity index (χ1) is 7.98. The van der Waals surface area contributed by atoms with E-state index < -0.39 is 0 Å². The summed E-state index contributed by atoms with van der Waals surface area (Å²) in [7, 11) is 0. The molecule has 1 aromatic carbocycles. The van der Waals surface area contributed by atoms with Crippen molar-refractivity contribution >= 4 is 11.6 Å². The van der Waals surface area contributed by atoms with Crippen molar-refractivity contribution in [2.45, 2.75) is 45.1 Å². The summed E-state index contributed by atoms with van der Waals surface area (Å²) < 4.78 is 0. The van der Waals surface area contributed by atoms with Crippen molar-refractivity contribution in [3.63, 3.8) is 0 Å². The Hall–Kier alpha value is -1.35. The molecular formula is C14H20N2O. The fraction of sp³-hybridized carbons (Fsp3) is 0.500. The number of aryl methyl sites for hydroxylation is 2. The predicted octanol–water partition coefficient (Wildman–Crippen LogP) is 2.51. The smallest absolute Gasteiger partial charge is 0.226 e. The molecule has 1 aromatic rings. The Bertz CT molecular complexity index is 436. The molecule has 0 saturated heterocycles. The lowest BCUT2D eigenvalue weighted by Crippen LogP contribution is -2.48. The third kappa shape index (κ3) is 2.86. The van der Waals surface area contributed by atoms with Crippen molar-refractivity contribution in [1.29, 1.82) is 0 Å². The molecule has 1 aliphatic carbocycles. The second-order valence-electron chi connectivity index (χ2n) is 5.26. The number of benzene rings is 1. The van der Waals surface area contributed by atoms with E-state index in [0.29, 0.717) is 6.42 Å². The highest BCUT2D eigenvalue weighted by Crippen LogP contribution is 2.32. The quantitative estimate of drug-likeness (QED) is 0.841. The standard InChI is InChI=1S/C14H20N2O/c1-10-4-5-11(2)12(8-10)16-13(17)9-14(15)6-3-7-14/h4-5,8H,3,6-7,9,15H2,1-2H3,(H,16,17). The highest BCUT2D eigenvalue weighted by molar-refractivity contribution is 5.92. The number of amides is 1. The van der Waals surface area contributed by atoms with Crippen LogP contribution in [0.5, 0.6) is 0 Å². The van der Waals surface area contributed by atoms with Crippen molar-refractivity contribution in [3.8, 4) is 0 Å². The molecule has 3 nitrogen and oxygen atoms in total. The monoisotopic (exact) mass is 232 g/mol. The average molecular weight is 232 g/mol. The Morgan fingerprint density at radius 1 is 1.41 bits per heavy atom. The summed E-state index contributed by atoms with van der Waals surface area (Å²) in [5.41, 5.74) is 8.95. The SMILES string of the molecule is Cc1ccc(C)c(NC(=O)CC2(N)CCC2)c1. The molecular weight excluding hydrogens is 212 g/mol. The van der Waals surface area contributed by atoms with Gasteiger partial charge >= 0.3 is 0 Å². The molecule has 0 aromatic heterocycles. The number of hydrogen-bond acceptors (Lipinski definition) is 2. The summed E-state index contributed by atoms with van der Waals surface area (Å²) in [6.07, 6.45) is 3.51. The summed E-state index contributed by atoms with van der Waals surface area (Å²) in [5, 5.41) is 2.96. The molecule has 0 bridgehead atoms. The van der Waals surface area contributed by atoms with Gasteiger partial charge in [-0.3, -0.25) is 4.79 Å². The van der Waals surface area contributed by atoms with Gasteiger partial charge in [0.2, 0.25) is 5.91 Å². The number of hydrogen-bond donors (Lipinski definition) is 2. The fourth-order valence-electron chi connectivity index (χ4n) is 2.19. The minimum Gasteiger partial charge on any atom is -0.326 e. The minimum absolute atomic E-state index is 0.0286. The van der Waals surface area contributed by atoms with E-state index in [-0.39, 0.29) is 11.4 Å². The molecule has 0 radical (unpaired) electrons. The van der Waals surface area contributed by atoms with Crippen LogP contribution in [0.15, 0.2) is 18.2 Å². The minimum atomic E-state index is -0.248. The number of rotatable bonds is 3. The van der Waals surface area contributed by atoms with Crippen molar-refractivity contribution in [2.75, 3.05) is 5.32 Å². The lowest BCUT2D eigenvalue weighted by Gasteiger charge is -2.37. The summed E-state index contributed by atoms with van der Waals surface area (Å²) in [6.45, 7) is 4.02. The van der Waals surface area contributed by atoms with E-state index in [1.165, 1.54) is 0 Å². The van der Waals surface area contributed by atoms with Crippen LogP contribution in [0.3, 0.4) is 0 Å². The third-order valence-corrected chi connectivity index (χ3v) is 3.53. The van der Waals surface area contributed by atoms with Gasteiger partial charge < -0.3 is 11.1 Å². The number of carbonyl (C=O) groups is 1. The normalized spacial score (nSPS) is 17.4. The van der Waals surface area contributed by atoms with Gasteiger partial charge in [0.05, 0.1) is 0 Å². The molecule has 17 heavy (non-hydrogen) atoms. The Balaban J connectivity index is 2.00. The summed E-state index contributed by atoms with van der Waals surface area (Å²) >= 11 is 0. The largest absolute Gasteiger partial charge is 0.326 e. The molecule has 1 saturated carbocycles. The molecule has 3 heteroatoms. The van der Waals surface area contributed by atoms with E-state index in [2.05, 4.69) is 5.32 Å². The van der Waals surface area contributed by atoms with Crippen LogP contribution in [0, 0.1) is 13.8 Å². The molecule has 3 N–H and O–H groups in total. The van der Waals surface area contributed by atoms with Crippen LogP contribution in [0.1, 0.15) is 36.8 Å². The fourth-order valence-corrected chi connectivity index (χ4v) is 2.19. The van der Waals surface area contributed by atoms with Crippen molar-refractivity contribution < 1.29 is 4.79 Å². The van der Waals surface area contributed by atoms with Gasteiger partial charge in [0.15, 0.2) is 0 Å². The Labute approximate surface area is 102 Å². The molecule has 2 rings (SSSR count). The van der Waals surface area contributed by atoms with Gasteiger partial charge in [0.25, 0.3) is 0 Å². The van der Waals surface area contributed by atoms with E-state index >= 15 is 0 Å². The highest BCUT2D eigenvalue weighted by Gasteiger charge is 2.34. The Kier molecular flexibility index (Phi) is 3.20. The van der Waals surface area contributed by atoms with Crippen molar-refractivity contribution in [3.05, 3.63) is 29.3 Å². The third-order valence-electron chi connectivity index (χ3n) is 3.53. The lowest BCUT2D eigenvalue weighted by atomic mass is 9.75. The molecule has 0 spiro atoms. The highest BCUT2D eigenvalue weighted by atomic mass is 16.1. The number of carbonyl (C=O) groups excluding carboxylic acids is 1. The maximum absolute atomic E-state index is 11.9. The summed E-state index contributed by atoms with van der Waals surface area (Å²) in [4.78, 5) is 11.9. The maximum Gasteiger partial charge on any atom is 0.226 e. The molecule has 0 heterocycles. The van der Waals surface area contributed by atoms with Crippen LogP contribution in [0.25, 0.3) is 0 Å². The van der Waals surface area contributed by atoms with Crippen LogP contribution < -0.4 is 11.1 Å². The van der Waals surface area contributed by atoms with Crippen LogP contribution in [0.4, 0.5) is 5.69 Å². The first-order valence-corrected chi connectivity index (χ1v) is 6.15. The molecule has 0 unspecified atom stereocenters. The second kappa shape index (κ2) is 4.49. The number of nitrogens with two attached hydrogens (primary N) is 1. The molecule has 1 aliphatic rings. The van der Waals surface area contributed by atoms with Crippen LogP contribution in [-0.2, 0) is 4.79 Å². The molecule has 0 atom stereocenters. The summed E-state index contributed by atoms with van der Waals surface area (Å²) in [5.74, 6) is 0.0286. The predicted molar refractivity (Wildman–Crippen MR) is 69.9 cm³/mol. The van der Waals surface area contributed by atoms with Gasteiger partial charge in [-0.25, -0.2) is 0 Å². The first kappa shape index (κ1) is 12.1. The molecule has 1 fully saturated rings. The van der Waals surface area contributed by atoms with Crippen molar-refractivity contribution in [2.24, 2.45) is 5.73 Å². The average Bonchev–Trinajstić information content (AvgIpc) is 2.21. The van der Waals surface area contributed by atoms with Gasteiger partial charge in [-0.15, -0.1) is 0 Å². The lowest BCUT2D eigenvalue weighted by molar-refractivity contribution is -0.118. The Morgan fingerprint density at radius 2 is 2.12 bits per heavy atom. The number of nitrogens with one attached hydrogen (secondary N) is 1. The topological polar surface area (TPSA) is 55.1 Å². The van der Waals surface area contributed by atoms with E-state index in [4.69, 9.17) is 5.73 Å². The van der Waals surface area contributed by atoms with Crippen LogP contribution >= 0.6 is 0 Å². The maximum atomic E-state index is 11.9. The van der Waals surface area contributed by atoms with Gasteiger partial charge in [0, 0.05) is 17.6 Å². The van der Waals surface area contributed by atoms with E-state index in [1.807, 2.05) is 32.0 Å². The zero-order valence-corrected chi connectivity index (χ0v) is 10.5. The van der Waals surface area contributed by atoms with Crippen molar-refractivity contribution in [1.82, 2.24) is 0 Å². The molecule has 92 valence electrons. The van der Waals surface area contributed by atoms with Gasteiger partial charge in [0.1, 0.15) is 0 Å². The number of anilines is 1. The summed E-state index contributed by atoms with van der Waals surface area (Å²) in [6, 6.07) is 6.06. The first-order valence-electron chi connectivity index (χ1n) is 6.15. The van der Waals surface area contributed by atoms with E-state index in [0.717, 1.165) is 36.1 Å². The van der Waals surface area contributed by atoms with Gasteiger partial charge in [-0.2, -0.15) is 0 Å². The second-order valence-corrected chi connectivity index (χ2v) is 5.26.